The van der Waals surface area contributed by atoms with Crippen molar-refractivity contribution in [3.05, 3.63) is 58.6 Å². The molecule has 0 aliphatic carbocycles. The fraction of sp³-hybridized carbons (Fsp3) is 0.316. The van der Waals surface area contributed by atoms with Crippen molar-refractivity contribution in [3.63, 3.8) is 0 Å². The Morgan fingerprint density at radius 3 is 2.42 bits per heavy atom. The number of methoxy groups -OCH3 is 1. The smallest absolute Gasteiger partial charge is 0.258 e. The van der Waals surface area contributed by atoms with Gasteiger partial charge in [0.25, 0.3) is 5.91 Å². The number of hydrogen-bond acceptors (Lipinski definition) is 3. The predicted octanol–water partition coefficient (Wildman–Crippen LogP) is 4.30. The molecule has 0 saturated carbocycles. The third-order valence-electron chi connectivity index (χ3n) is 3.76. The van der Waals surface area contributed by atoms with Crippen molar-refractivity contribution in [1.29, 1.82) is 0 Å². The fourth-order valence-corrected chi connectivity index (χ4v) is 2.47. The van der Waals surface area contributed by atoms with Crippen LogP contribution in [0.15, 0.2) is 42.5 Å². The third-order valence-corrected chi connectivity index (χ3v) is 4.19. The van der Waals surface area contributed by atoms with E-state index in [9.17, 15) is 4.79 Å². The summed E-state index contributed by atoms with van der Waals surface area (Å²) in [6, 6.07) is 13.0. The molecule has 0 bridgehead atoms. The highest BCUT2D eigenvalue weighted by Gasteiger charge is 2.13. The van der Waals surface area contributed by atoms with Crippen LogP contribution in [0.25, 0.3) is 0 Å². The number of carbonyl (C=O) groups is 1. The minimum absolute atomic E-state index is 0.0340. The average Bonchev–Trinajstić information content (AvgIpc) is 2.61. The van der Waals surface area contributed by atoms with E-state index < -0.39 is 0 Å². The van der Waals surface area contributed by atoms with Crippen LogP contribution in [-0.4, -0.2) is 19.6 Å². The van der Waals surface area contributed by atoms with Gasteiger partial charge in [-0.05, 0) is 54.8 Å². The Kier molecular flexibility index (Phi) is 6.50. The molecule has 0 aliphatic heterocycles. The second kappa shape index (κ2) is 8.60. The first kappa shape index (κ1) is 18.1. The quantitative estimate of drug-likeness (QED) is 0.812. The molecule has 128 valence electrons. The lowest BCUT2D eigenvalue weighted by Crippen LogP contribution is -2.32. The molecule has 0 heterocycles. The highest BCUT2D eigenvalue weighted by molar-refractivity contribution is 6.31. The Hall–Kier alpha value is -2.20. The molecule has 2 aromatic carbocycles. The maximum Gasteiger partial charge on any atom is 0.258 e. The maximum atomic E-state index is 12.1. The topological polar surface area (TPSA) is 47.6 Å². The summed E-state index contributed by atoms with van der Waals surface area (Å²) in [6.45, 7) is 3.89. The van der Waals surface area contributed by atoms with E-state index in [2.05, 4.69) is 5.32 Å². The number of nitrogens with one attached hydrogen (secondary N) is 1. The Bertz CT molecular complexity index is 686. The number of aryl methyl sites for hydroxylation is 1. The number of ether oxygens (including phenoxy) is 2. The zero-order valence-electron chi connectivity index (χ0n) is 14.1. The summed E-state index contributed by atoms with van der Waals surface area (Å²) in [5.41, 5.74) is 1.95. The molecule has 24 heavy (non-hydrogen) atoms. The standard InChI is InChI=1S/C19H22ClNO3/c1-4-18(14-5-7-15(23-3)8-6-14)21-19(22)12-24-16-9-10-17(20)13(2)11-16/h5-11,18H,4,12H2,1-3H3,(H,21,22)/t18-/m1/s1. The lowest BCUT2D eigenvalue weighted by molar-refractivity contribution is -0.123. The Balaban J connectivity index is 1.92. The zero-order chi connectivity index (χ0) is 17.5. The highest BCUT2D eigenvalue weighted by Crippen LogP contribution is 2.22. The van der Waals surface area contributed by atoms with Gasteiger partial charge in [-0.15, -0.1) is 0 Å². The van der Waals surface area contributed by atoms with Crippen molar-refractivity contribution in [2.24, 2.45) is 0 Å². The van der Waals surface area contributed by atoms with Crippen LogP contribution in [0.1, 0.15) is 30.5 Å². The van der Waals surface area contributed by atoms with Crippen molar-refractivity contribution in [2.75, 3.05) is 13.7 Å². The Morgan fingerprint density at radius 2 is 1.83 bits per heavy atom. The van der Waals surface area contributed by atoms with Gasteiger partial charge in [-0.3, -0.25) is 4.79 Å². The van der Waals surface area contributed by atoms with Gasteiger partial charge in [0.2, 0.25) is 0 Å². The van der Waals surface area contributed by atoms with E-state index in [1.54, 1.807) is 19.2 Å². The fourth-order valence-electron chi connectivity index (χ4n) is 2.35. The van der Waals surface area contributed by atoms with Gasteiger partial charge in [-0.1, -0.05) is 30.7 Å². The lowest BCUT2D eigenvalue weighted by Gasteiger charge is -2.18. The normalized spacial score (nSPS) is 11.7. The molecule has 1 atom stereocenters. The van der Waals surface area contributed by atoms with E-state index in [4.69, 9.17) is 21.1 Å². The number of benzene rings is 2. The van der Waals surface area contributed by atoms with Crippen LogP contribution in [0.4, 0.5) is 0 Å². The molecule has 0 saturated heterocycles. The summed E-state index contributed by atoms with van der Waals surface area (Å²) < 4.78 is 10.7. The summed E-state index contributed by atoms with van der Waals surface area (Å²) in [4.78, 5) is 12.1. The monoisotopic (exact) mass is 347 g/mol. The molecular formula is C19H22ClNO3. The highest BCUT2D eigenvalue weighted by atomic mass is 35.5. The number of rotatable bonds is 7. The molecular weight excluding hydrogens is 326 g/mol. The van der Waals surface area contributed by atoms with E-state index in [1.165, 1.54) is 0 Å². The van der Waals surface area contributed by atoms with Crippen molar-refractivity contribution in [2.45, 2.75) is 26.3 Å². The van der Waals surface area contributed by atoms with E-state index in [0.717, 1.165) is 23.3 Å². The molecule has 5 heteroatoms. The van der Waals surface area contributed by atoms with Crippen LogP contribution < -0.4 is 14.8 Å². The molecule has 0 aromatic heterocycles. The van der Waals surface area contributed by atoms with Crippen molar-refractivity contribution >= 4 is 17.5 Å². The Labute approximate surface area is 147 Å². The molecule has 2 aromatic rings. The van der Waals surface area contributed by atoms with Gasteiger partial charge in [0.15, 0.2) is 6.61 Å². The summed E-state index contributed by atoms with van der Waals surface area (Å²) in [6.07, 6.45) is 0.790. The Morgan fingerprint density at radius 1 is 1.17 bits per heavy atom. The summed E-state index contributed by atoms with van der Waals surface area (Å²) >= 11 is 5.98. The summed E-state index contributed by atoms with van der Waals surface area (Å²) in [7, 11) is 1.63. The SMILES string of the molecule is CC[C@@H](NC(=O)COc1ccc(Cl)c(C)c1)c1ccc(OC)cc1. The van der Waals surface area contributed by atoms with E-state index in [1.807, 2.05) is 44.2 Å². The van der Waals surface area contributed by atoms with Gasteiger partial charge in [0.05, 0.1) is 13.2 Å². The first-order valence-corrected chi connectivity index (χ1v) is 8.23. The van der Waals surface area contributed by atoms with Gasteiger partial charge in [0, 0.05) is 5.02 Å². The minimum Gasteiger partial charge on any atom is -0.497 e. The van der Waals surface area contributed by atoms with Crippen LogP contribution in [0.5, 0.6) is 11.5 Å². The molecule has 1 N–H and O–H groups in total. The van der Waals surface area contributed by atoms with Crippen molar-refractivity contribution in [3.8, 4) is 11.5 Å². The van der Waals surface area contributed by atoms with Crippen LogP contribution in [0.3, 0.4) is 0 Å². The van der Waals surface area contributed by atoms with E-state index in [0.29, 0.717) is 10.8 Å². The summed E-state index contributed by atoms with van der Waals surface area (Å²) in [5.74, 6) is 1.26. The van der Waals surface area contributed by atoms with Crippen LogP contribution >= 0.6 is 11.6 Å². The molecule has 0 spiro atoms. The number of halogens is 1. The third kappa shape index (κ3) is 4.90. The molecule has 0 aliphatic rings. The number of hydrogen-bond donors (Lipinski definition) is 1. The van der Waals surface area contributed by atoms with Crippen molar-refractivity contribution in [1.82, 2.24) is 5.32 Å². The molecule has 0 radical (unpaired) electrons. The predicted molar refractivity (Wildman–Crippen MR) is 95.9 cm³/mol. The molecule has 0 fully saturated rings. The second-order valence-corrected chi connectivity index (χ2v) is 5.91. The molecule has 2 rings (SSSR count). The van der Waals surface area contributed by atoms with Gasteiger partial charge in [0.1, 0.15) is 11.5 Å². The minimum atomic E-state index is -0.162. The number of amides is 1. The van der Waals surface area contributed by atoms with Gasteiger partial charge in [-0.25, -0.2) is 0 Å². The average molecular weight is 348 g/mol. The largest absolute Gasteiger partial charge is 0.497 e. The zero-order valence-corrected chi connectivity index (χ0v) is 14.9. The lowest BCUT2D eigenvalue weighted by atomic mass is 10.0. The van der Waals surface area contributed by atoms with Crippen LogP contribution in [0.2, 0.25) is 5.02 Å². The molecule has 4 nitrogen and oxygen atoms in total. The van der Waals surface area contributed by atoms with Crippen LogP contribution in [0, 0.1) is 6.92 Å². The van der Waals surface area contributed by atoms with E-state index >= 15 is 0 Å². The number of carbonyl (C=O) groups excluding carboxylic acids is 1. The second-order valence-electron chi connectivity index (χ2n) is 5.50. The van der Waals surface area contributed by atoms with E-state index in [-0.39, 0.29) is 18.6 Å². The molecule has 0 unspecified atom stereocenters. The van der Waals surface area contributed by atoms with Crippen molar-refractivity contribution < 1.29 is 14.3 Å². The van der Waals surface area contributed by atoms with Gasteiger partial charge >= 0.3 is 0 Å². The maximum absolute atomic E-state index is 12.1. The first-order valence-electron chi connectivity index (χ1n) is 7.85. The summed E-state index contributed by atoms with van der Waals surface area (Å²) in [5, 5.41) is 3.66. The molecule has 1 amide bonds. The van der Waals surface area contributed by atoms with Gasteiger partial charge in [-0.2, -0.15) is 0 Å². The van der Waals surface area contributed by atoms with Gasteiger partial charge < -0.3 is 14.8 Å². The first-order chi connectivity index (χ1) is 11.5. The van der Waals surface area contributed by atoms with Crippen LogP contribution in [-0.2, 0) is 4.79 Å².